The third kappa shape index (κ3) is 3.08. The van der Waals surface area contributed by atoms with Crippen LogP contribution in [0.4, 0.5) is 0 Å². The molecule has 0 unspecified atom stereocenters. The SMILES string of the molecule is COC(=O)[C@@]12C[C@H](O[Si](c3ccccc3)(c3ccccc3)C(C)(C)C)[C@@H](C)[C@@H]1C2. The molecule has 4 rings (SSSR count). The van der Waals surface area contributed by atoms with Gasteiger partial charge in [0.2, 0.25) is 0 Å². The number of fused-ring (bicyclic) bond motifs is 1. The normalized spacial score (nSPS) is 28.7. The molecule has 0 amide bonds. The highest BCUT2D eigenvalue weighted by Crippen LogP contribution is 2.67. The van der Waals surface area contributed by atoms with Gasteiger partial charge in [0.05, 0.1) is 12.5 Å². The monoisotopic (exact) mass is 408 g/mol. The first kappa shape index (κ1) is 20.4. The van der Waals surface area contributed by atoms with Crippen molar-refractivity contribution < 1.29 is 14.0 Å². The smallest absolute Gasteiger partial charge is 0.312 e. The second kappa shape index (κ2) is 7.10. The summed E-state index contributed by atoms with van der Waals surface area (Å²) in [5, 5.41) is 2.53. The molecule has 0 N–H and O–H groups in total. The number of hydrogen-bond donors (Lipinski definition) is 0. The van der Waals surface area contributed by atoms with Crippen molar-refractivity contribution in [3.63, 3.8) is 0 Å². The van der Waals surface area contributed by atoms with E-state index < -0.39 is 8.32 Å². The fraction of sp³-hybridized carbons (Fsp3) is 0.480. The molecule has 2 aliphatic rings. The van der Waals surface area contributed by atoms with E-state index in [1.165, 1.54) is 17.5 Å². The second-order valence-corrected chi connectivity index (χ2v) is 14.1. The summed E-state index contributed by atoms with van der Waals surface area (Å²) >= 11 is 0. The molecule has 0 saturated heterocycles. The average molecular weight is 409 g/mol. The van der Waals surface area contributed by atoms with Crippen molar-refractivity contribution in [3.05, 3.63) is 60.7 Å². The van der Waals surface area contributed by atoms with Crippen molar-refractivity contribution in [2.75, 3.05) is 7.11 Å². The highest BCUT2D eigenvalue weighted by atomic mass is 28.4. The lowest BCUT2D eigenvalue weighted by atomic mass is 10.0. The number of benzene rings is 2. The Morgan fingerprint density at radius 3 is 1.93 bits per heavy atom. The summed E-state index contributed by atoms with van der Waals surface area (Å²) in [4.78, 5) is 12.5. The maximum absolute atomic E-state index is 12.5. The molecule has 0 radical (unpaired) electrons. The average Bonchev–Trinajstić information content (AvgIpc) is 3.39. The third-order valence-corrected chi connectivity index (χ3v) is 12.3. The van der Waals surface area contributed by atoms with Crippen molar-refractivity contribution in [1.82, 2.24) is 0 Å². The summed E-state index contributed by atoms with van der Waals surface area (Å²) in [6.07, 6.45) is 1.79. The van der Waals surface area contributed by atoms with Gasteiger partial charge in [0.1, 0.15) is 0 Å². The van der Waals surface area contributed by atoms with Crippen LogP contribution < -0.4 is 10.4 Å². The van der Waals surface area contributed by atoms with Crippen molar-refractivity contribution in [1.29, 1.82) is 0 Å². The lowest BCUT2D eigenvalue weighted by molar-refractivity contribution is -0.147. The van der Waals surface area contributed by atoms with E-state index in [1.807, 2.05) is 0 Å². The van der Waals surface area contributed by atoms with Gasteiger partial charge in [-0.3, -0.25) is 4.79 Å². The van der Waals surface area contributed by atoms with E-state index in [2.05, 4.69) is 88.4 Å². The van der Waals surface area contributed by atoms with Crippen molar-refractivity contribution in [2.45, 2.75) is 51.7 Å². The van der Waals surface area contributed by atoms with E-state index in [0.717, 1.165) is 12.8 Å². The van der Waals surface area contributed by atoms with E-state index in [1.54, 1.807) is 0 Å². The van der Waals surface area contributed by atoms with Gasteiger partial charge < -0.3 is 9.16 Å². The number of ether oxygens (including phenoxy) is 1. The van der Waals surface area contributed by atoms with Crippen molar-refractivity contribution in [3.8, 4) is 0 Å². The Kier molecular flexibility index (Phi) is 4.99. The summed E-state index contributed by atoms with van der Waals surface area (Å²) < 4.78 is 12.5. The highest BCUT2D eigenvalue weighted by Gasteiger charge is 2.70. The molecule has 0 aromatic heterocycles. The first-order chi connectivity index (χ1) is 13.8. The number of carbonyl (C=O) groups is 1. The quantitative estimate of drug-likeness (QED) is 0.551. The van der Waals surface area contributed by atoms with Crippen LogP contribution in [0.1, 0.15) is 40.5 Å². The standard InChI is InChI=1S/C25H32O3Si/c1-18-21-16-25(21,23(26)27-5)17-22(18)28-29(24(2,3)4,19-12-8-6-9-13-19)20-14-10-7-11-15-20/h6-15,18,21-22H,16-17H2,1-5H3/t18-,21-,22-,25-/m0/s1. The predicted molar refractivity (Wildman–Crippen MR) is 119 cm³/mol. The van der Waals surface area contributed by atoms with E-state index in [0.29, 0.717) is 11.8 Å². The molecule has 2 aromatic rings. The Morgan fingerprint density at radius 2 is 1.48 bits per heavy atom. The van der Waals surface area contributed by atoms with E-state index in [-0.39, 0.29) is 22.5 Å². The molecule has 0 aliphatic heterocycles. The summed E-state index contributed by atoms with van der Waals surface area (Å²) in [7, 11) is -1.09. The maximum Gasteiger partial charge on any atom is 0.312 e. The van der Waals surface area contributed by atoms with Crippen LogP contribution in [0.5, 0.6) is 0 Å². The Labute approximate surface area is 175 Å². The molecular formula is C25H32O3Si. The minimum absolute atomic E-state index is 0.0529. The highest BCUT2D eigenvalue weighted by molar-refractivity contribution is 6.99. The fourth-order valence-corrected chi connectivity index (χ4v) is 10.4. The molecule has 2 fully saturated rings. The van der Waals surface area contributed by atoms with Gasteiger partial charge >= 0.3 is 5.97 Å². The van der Waals surface area contributed by atoms with Crippen molar-refractivity contribution >= 4 is 24.7 Å². The summed E-state index contributed by atoms with van der Waals surface area (Å²) in [5.74, 6) is 0.691. The van der Waals surface area contributed by atoms with Crippen LogP contribution in [0.15, 0.2) is 60.7 Å². The Balaban J connectivity index is 1.79. The van der Waals surface area contributed by atoms with Crippen LogP contribution in [-0.4, -0.2) is 27.5 Å². The first-order valence-electron chi connectivity index (χ1n) is 10.6. The number of carbonyl (C=O) groups excluding carboxylic acids is 1. The minimum atomic E-state index is -2.60. The Morgan fingerprint density at radius 1 is 0.966 bits per heavy atom. The molecule has 2 aliphatic carbocycles. The van der Waals surface area contributed by atoms with Gasteiger partial charge in [0.15, 0.2) is 0 Å². The topological polar surface area (TPSA) is 35.5 Å². The van der Waals surface area contributed by atoms with Gasteiger partial charge in [-0.1, -0.05) is 88.4 Å². The van der Waals surface area contributed by atoms with Gasteiger partial charge in [-0.15, -0.1) is 0 Å². The molecule has 29 heavy (non-hydrogen) atoms. The zero-order valence-corrected chi connectivity index (χ0v) is 19.1. The van der Waals surface area contributed by atoms with Crippen LogP contribution in [0.25, 0.3) is 0 Å². The van der Waals surface area contributed by atoms with Crippen LogP contribution in [0, 0.1) is 17.3 Å². The second-order valence-electron chi connectivity index (χ2n) is 9.84. The zero-order chi connectivity index (χ0) is 20.9. The van der Waals surface area contributed by atoms with Crippen LogP contribution in [0.2, 0.25) is 5.04 Å². The van der Waals surface area contributed by atoms with Gasteiger partial charge in [-0.25, -0.2) is 0 Å². The fourth-order valence-electron chi connectivity index (χ4n) is 5.65. The number of esters is 1. The molecule has 154 valence electrons. The zero-order valence-electron chi connectivity index (χ0n) is 18.1. The van der Waals surface area contributed by atoms with Crippen molar-refractivity contribution in [2.24, 2.45) is 17.3 Å². The van der Waals surface area contributed by atoms with E-state index in [4.69, 9.17) is 9.16 Å². The van der Waals surface area contributed by atoms with E-state index in [9.17, 15) is 4.79 Å². The maximum atomic E-state index is 12.5. The number of rotatable bonds is 5. The Hall–Kier alpha value is -1.91. The first-order valence-corrected chi connectivity index (χ1v) is 12.5. The van der Waals surface area contributed by atoms with Crippen LogP contribution >= 0.6 is 0 Å². The third-order valence-electron chi connectivity index (χ3n) is 7.26. The Bertz CT molecular complexity index is 834. The molecule has 0 spiro atoms. The predicted octanol–water partition coefficient (Wildman–Crippen LogP) is 4.15. The van der Waals surface area contributed by atoms with E-state index >= 15 is 0 Å². The molecule has 2 saturated carbocycles. The molecule has 3 nitrogen and oxygen atoms in total. The molecular weight excluding hydrogens is 376 g/mol. The summed E-state index contributed by atoms with van der Waals surface area (Å²) in [5.41, 5.74) is -0.315. The van der Waals surface area contributed by atoms with Gasteiger partial charge in [-0.05, 0) is 40.1 Å². The van der Waals surface area contributed by atoms with Gasteiger partial charge in [-0.2, -0.15) is 0 Å². The van der Waals surface area contributed by atoms with Crippen LogP contribution in [-0.2, 0) is 14.0 Å². The molecule has 2 aromatic carbocycles. The number of hydrogen-bond acceptors (Lipinski definition) is 3. The molecule has 4 heteroatoms. The van der Waals surface area contributed by atoms with Gasteiger partial charge in [0, 0.05) is 6.10 Å². The minimum Gasteiger partial charge on any atom is -0.469 e. The lowest BCUT2D eigenvalue weighted by Crippen LogP contribution is -2.68. The molecule has 4 atom stereocenters. The van der Waals surface area contributed by atoms with Gasteiger partial charge in [0.25, 0.3) is 8.32 Å². The summed E-state index contributed by atoms with van der Waals surface area (Å²) in [6, 6.07) is 21.5. The molecule has 0 heterocycles. The lowest BCUT2D eigenvalue weighted by Gasteiger charge is -2.45. The largest absolute Gasteiger partial charge is 0.469 e. The van der Waals surface area contributed by atoms with Crippen LogP contribution in [0.3, 0.4) is 0 Å². The summed E-state index contributed by atoms with van der Waals surface area (Å²) in [6.45, 7) is 9.16. The number of methoxy groups -OCH3 is 1. The molecule has 0 bridgehead atoms.